The molecule has 0 fully saturated rings. The number of ether oxygens (including phenoxy) is 3. The van der Waals surface area contributed by atoms with Crippen LogP contribution in [0, 0.1) is 0 Å². The Labute approximate surface area is 178 Å². The van der Waals surface area contributed by atoms with Gasteiger partial charge < -0.3 is 18.8 Å². The second kappa shape index (κ2) is 10.7. The summed E-state index contributed by atoms with van der Waals surface area (Å²) in [6, 6.07) is 14.7. The summed E-state index contributed by atoms with van der Waals surface area (Å²) >= 11 is 1.35. The zero-order valence-electron chi connectivity index (χ0n) is 17.0. The van der Waals surface area contributed by atoms with Crippen molar-refractivity contribution >= 4 is 33.4 Å². The minimum atomic E-state index is -0.371. The van der Waals surface area contributed by atoms with Gasteiger partial charge in [-0.2, -0.15) is 4.99 Å². The highest BCUT2D eigenvalue weighted by atomic mass is 32.1. The minimum Gasteiger partial charge on any atom is -0.493 e. The smallest absolute Gasteiger partial charge is 0.338 e. The molecule has 3 aromatic rings. The van der Waals surface area contributed by atoms with E-state index in [0.717, 1.165) is 10.2 Å². The van der Waals surface area contributed by atoms with E-state index in [9.17, 15) is 9.59 Å². The lowest BCUT2D eigenvalue weighted by Gasteiger charge is -2.06. The maximum absolute atomic E-state index is 12.4. The van der Waals surface area contributed by atoms with Gasteiger partial charge in [-0.15, -0.1) is 0 Å². The molecule has 158 valence electrons. The minimum absolute atomic E-state index is 0.168. The van der Waals surface area contributed by atoms with Gasteiger partial charge in [-0.1, -0.05) is 29.5 Å². The van der Waals surface area contributed by atoms with Crippen LogP contribution < -0.4 is 9.54 Å². The van der Waals surface area contributed by atoms with Gasteiger partial charge in [-0.05, 0) is 37.3 Å². The molecule has 0 aliphatic carbocycles. The first-order chi connectivity index (χ1) is 14.6. The van der Waals surface area contributed by atoms with E-state index in [4.69, 9.17) is 14.2 Å². The van der Waals surface area contributed by atoms with Crippen LogP contribution in [0.5, 0.6) is 5.75 Å². The molecular weight excluding hydrogens is 404 g/mol. The first-order valence-corrected chi connectivity index (χ1v) is 10.5. The van der Waals surface area contributed by atoms with Gasteiger partial charge >= 0.3 is 5.97 Å². The molecule has 1 aromatic heterocycles. The number of hydrogen-bond acceptors (Lipinski definition) is 6. The average Bonchev–Trinajstić information content (AvgIpc) is 3.09. The fraction of sp³-hybridized carbons (Fsp3) is 0.318. The van der Waals surface area contributed by atoms with Crippen molar-refractivity contribution in [2.24, 2.45) is 4.99 Å². The second-order valence-electron chi connectivity index (χ2n) is 6.35. The molecule has 0 N–H and O–H groups in total. The normalized spacial score (nSPS) is 11.6. The molecule has 2 aromatic carbocycles. The monoisotopic (exact) mass is 428 g/mol. The lowest BCUT2D eigenvalue weighted by atomic mass is 10.2. The Hall–Kier alpha value is -2.97. The number of amides is 1. The molecule has 0 atom stereocenters. The Kier molecular flexibility index (Phi) is 7.75. The molecule has 0 saturated carbocycles. The standard InChI is InChI=1S/C22H24N2O5S/c1-3-28-21(26)16-9-10-18-19(15-16)30-22(24(18)12-14-27-2)23-20(25)11-13-29-17-7-5-4-6-8-17/h4-10,15H,3,11-14H2,1-2H3. The summed E-state index contributed by atoms with van der Waals surface area (Å²) in [6.07, 6.45) is 0.168. The predicted molar refractivity (Wildman–Crippen MR) is 115 cm³/mol. The van der Waals surface area contributed by atoms with Crippen molar-refractivity contribution < 1.29 is 23.8 Å². The van der Waals surface area contributed by atoms with Gasteiger partial charge in [-0.25, -0.2) is 4.79 Å². The van der Waals surface area contributed by atoms with Gasteiger partial charge in [0.25, 0.3) is 5.91 Å². The zero-order chi connectivity index (χ0) is 21.3. The van der Waals surface area contributed by atoms with Crippen LogP contribution in [0.4, 0.5) is 0 Å². The molecule has 7 nitrogen and oxygen atoms in total. The number of hydrogen-bond donors (Lipinski definition) is 0. The molecule has 0 aliphatic rings. The lowest BCUT2D eigenvalue weighted by molar-refractivity contribution is -0.118. The summed E-state index contributed by atoms with van der Waals surface area (Å²) in [6.45, 7) is 3.35. The molecule has 30 heavy (non-hydrogen) atoms. The molecule has 0 aliphatic heterocycles. The molecule has 8 heteroatoms. The number of methoxy groups -OCH3 is 1. The zero-order valence-corrected chi connectivity index (χ0v) is 17.8. The maximum Gasteiger partial charge on any atom is 0.338 e. The summed E-state index contributed by atoms with van der Waals surface area (Å²) in [5, 5.41) is 0. The van der Waals surface area contributed by atoms with Crippen molar-refractivity contribution in [1.29, 1.82) is 0 Å². The van der Waals surface area contributed by atoms with Crippen LogP contribution in [0.15, 0.2) is 53.5 Å². The highest BCUT2D eigenvalue weighted by molar-refractivity contribution is 7.16. The molecule has 0 unspecified atom stereocenters. The van der Waals surface area contributed by atoms with Crippen molar-refractivity contribution in [2.45, 2.75) is 19.9 Å². The van der Waals surface area contributed by atoms with E-state index < -0.39 is 0 Å². The first kappa shape index (κ1) is 21.7. The molecule has 0 saturated heterocycles. The van der Waals surface area contributed by atoms with Crippen molar-refractivity contribution in [3.63, 3.8) is 0 Å². The third kappa shape index (κ3) is 5.55. The highest BCUT2D eigenvalue weighted by Crippen LogP contribution is 2.20. The van der Waals surface area contributed by atoms with Crippen LogP contribution in [-0.2, 0) is 20.8 Å². The Morgan fingerprint density at radius 3 is 2.63 bits per heavy atom. The number of benzene rings is 2. The number of para-hydroxylation sites is 1. The van der Waals surface area contributed by atoms with Crippen LogP contribution in [-0.4, -0.2) is 43.4 Å². The Morgan fingerprint density at radius 1 is 1.10 bits per heavy atom. The van der Waals surface area contributed by atoms with E-state index in [1.54, 1.807) is 26.2 Å². The van der Waals surface area contributed by atoms with E-state index in [1.165, 1.54) is 11.3 Å². The van der Waals surface area contributed by atoms with E-state index in [-0.39, 0.29) is 24.9 Å². The van der Waals surface area contributed by atoms with E-state index in [1.807, 2.05) is 41.0 Å². The highest BCUT2D eigenvalue weighted by Gasteiger charge is 2.12. The molecule has 1 heterocycles. The quantitative estimate of drug-likeness (QED) is 0.488. The molecule has 0 radical (unpaired) electrons. The Morgan fingerprint density at radius 2 is 1.90 bits per heavy atom. The number of rotatable bonds is 9. The van der Waals surface area contributed by atoms with Crippen LogP contribution in [0.25, 0.3) is 10.2 Å². The van der Waals surface area contributed by atoms with Gasteiger partial charge in [0.1, 0.15) is 5.75 Å². The number of carbonyl (C=O) groups is 2. The van der Waals surface area contributed by atoms with Gasteiger partial charge in [0, 0.05) is 13.7 Å². The first-order valence-electron chi connectivity index (χ1n) is 9.67. The number of fused-ring (bicyclic) bond motifs is 1. The summed E-state index contributed by atoms with van der Waals surface area (Å²) in [7, 11) is 1.62. The second-order valence-corrected chi connectivity index (χ2v) is 7.36. The molecule has 0 spiro atoms. The summed E-state index contributed by atoms with van der Waals surface area (Å²) in [5.41, 5.74) is 1.36. The van der Waals surface area contributed by atoms with Crippen LogP contribution in [0.2, 0.25) is 0 Å². The largest absolute Gasteiger partial charge is 0.493 e. The average molecular weight is 429 g/mol. The Bertz CT molecular complexity index is 1070. The SMILES string of the molecule is CCOC(=O)c1ccc2c(c1)sc(=NC(=O)CCOc1ccccc1)n2CCOC. The summed E-state index contributed by atoms with van der Waals surface area (Å²) in [4.78, 5) is 29.3. The van der Waals surface area contributed by atoms with Crippen molar-refractivity contribution in [1.82, 2.24) is 4.57 Å². The number of aromatic nitrogens is 1. The van der Waals surface area contributed by atoms with Crippen LogP contribution in [0.3, 0.4) is 0 Å². The molecule has 0 bridgehead atoms. The van der Waals surface area contributed by atoms with Gasteiger partial charge in [0.05, 0.1) is 42.0 Å². The number of carbonyl (C=O) groups excluding carboxylic acids is 2. The molecule has 3 rings (SSSR count). The summed E-state index contributed by atoms with van der Waals surface area (Å²) < 4.78 is 18.6. The fourth-order valence-electron chi connectivity index (χ4n) is 2.83. The van der Waals surface area contributed by atoms with Crippen molar-refractivity contribution in [3.05, 3.63) is 58.9 Å². The summed E-state index contributed by atoms with van der Waals surface area (Å²) in [5.74, 6) is 0.0759. The fourth-order valence-corrected chi connectivity index (χ4v) is 3.95. The van der Waals surface area contributed by atoms with Crippen molar-refractivity contribution in [3.8, 4) is 5.75 Å². The lowest BCUT2D eigenvalue weighted by Crippen LogP contribution is -2.19. The third-order valence-electron chi connectivity index (χ3n) is 4.26. The van der Waals surface area contributed by atoms with Crippen molar-refractivity contribution in [2.75, 3.05) is 26.9 Å². The van der Waals surface area contributed by atoms with E-state index in [2.05, 4.69) is 4.99 Å². The number of esters is 1. The molecule has 1 amide bonds. The third-order valence-corrected chi connectivity index (χ3v) is 5.30. The number of nitrogens with zero attached hydrogens (tertiary/aromatic N) is 2. The van der Waals surface area contributed by atoms with E-state index in [0.29, 0.717) is 35.9 Å². The van der Waals surface area contributed by atoms with Crippen LogP contribution >= 0.6 is 11.3 Å². The Balaban J connectivity index is 1.82. The van der Waals surface area contributed by atoms with Gasteiger partial charge in [-0.3, -0.25) is 4.79 Å². The maximum atomic E-state index is 12.4. The van der Waals surface area contributed by atoms with Gasteiger partial charge in [0.15, 0.2) is 4.80 Å². The number of thiazole rings is 1. The van der Waals surface area contributed by atoms with Crippen LogP contribution in [0.1, 0.15) is 23.7 Å². The van der Waals surface area contributed by atoms with E-state index >= 15 is 0 Å². The molecular formula is C22H24N2O5S. The topological polar surface area (TPSA) is 79.1 Å². The van der Waals surface area contributed by atoms with Gasteiger partial charge in [0.2, 0.25) is 0 Å². The predicted octanol–water partition coefficient (Wildman–Crippen LogP) is 3.42.